The fourth-order valence-electron chi connectivity index (χ4n) is 3.90. The monoisotopic (exact) mass is 463 g/mol. The molecule has 1 N–H and O–H groups in total. The van der Waals surface area contributed by atoms with Crippen LogP contribution in [0.15, 0.2) is 42.5 Å². The normalized spacial score (nSPS) is 18.4. The number of allylic oxidation sites excluding steroid dienone is 2. The van der Waals surface area contributed by atoms with Gasteiger partial charge in [0, 0.05) is 6.42 Å². The summed E-state index contributed by atoms with van der Waals surface area (Å²) in [6.45, 7) is 3.29. The molecule has 0 saturated heterocycles. The molecule has 7 nitrogen and oxygen atoms in total. The van der Waals surface area contributed by atoms with Crippen LogP contribution in [0.4, 0.5) is 0 Å². The number of aliphatic hydroxyl groups excluding tert-OH is 1. The number of aryl methyl sites for hydroxylation is 1. The van der Waals surface area contributed by atoms with E-state index in [-0.39, 0.29) is 18.7 Å². The highest BCUT2D eigenvalue weighted by Gasteiger charge is 2.24. The van der Waals surface area contributed by atoms with Crippen LogP contribution in [0.3, 0.4) is 0 Å². The highest BCUT2D eigenvalue weighted by molar-refractivity contribution is 5.69. The van der Waals surface area contributed by atoms with Crippen LogP contribution < -0.4 is 0 Å². The molecule has 7 heteroatoms. The number of carbonyl (C=O) groups excluding carboxylic acids is 1. The molecule has 1 aromatic carbocycles. The van der Waals surface area contributed by atoms with Gasteiger partial charge in [0.05, 0.1) is 6.10 Å². The summed E-state index contributed by atoms with van der Waals surface area (Å²) in [5.74, 6) is 0.245. The van der Waals surface area contributed by atoms with Crippen LogP contribution >= 0.6 is 0 Å². The van der Waals surface area contributed by atoms with Gasteiger partial charge in [-0.15, -0.1) is 10.1 Å². The molecule has 1 saturated carbocycles. The molecule has 186 valence electrons. The maximum atomic E-state index is 11.1. The van der Waals surface area contributed by atoms with Crippen molar-refractivity contribution in [2.75, 3.05) is 6.61 Å². The number of benzene rings is 1. The topological polar surface area (TPSA) is 98.9 Å². The number of hydrogen-bond donors (Lipinski definition) is 1. The fourth-order valence-corrected chi connectivity index (χ4v) is 3.90. The molecule has 3 atom stereocenters. The Morgan fingerprint density at radius 3 is 2.61 bits per heavy atom. The van der Waals surface area contributed by atoms with Gasteiger partial charge in [-0.1, -0.05) is 61.7 Å². The zero-order valence-corrected chi connectivity index (χ0v) is 20.2. The second-order valence-corrected chi connectivity index (χ2v) is 8.63. The van der Waals surface area contributed by atoms with Gasteiger partial charge in [-0.25, -0.2) is 0 Å². The standard InChI is InChI=1S/C16H24O.C10H17NO5/c17-16-13-7-12-15(16)11-6-2-5-10-14-8-3-1-4-9-14;1-3-4-5-6-7-10(12)15-8-9(2)16-11(13)14/h1,3-4,8-9,15-17H,2,5-7,10-13H2;3-4,9H,5-8H2,1-2H3/b;4-3-. The SMILES string of the molecule is C/C=C\CCCC(=O)OCC(C)O[N+](=O)[O-].OC1CCCC1CCCCCc1ccccc1. The van der Waals surface area contributed by atoms with Gasteiger partial charge < -0.3 is 14.7 Å². The Bertz CT molecular complexity index is 679. The third-order valence-corrected chi connectivity index (χ3v) is 5.73. The van der Waals surface area contributed by atoms with Crippen molar-refractivity contribution >= 4 is 5.97 Å². The van der Waals surface area contributed by atoms with Crippen LogP contribution in [-0.4, -0.2) is 35.0 Å². The van der Waals surface area contributed by atoms with Gasteiger partial charge in [0.25, 0.3) is 5.09 Å². The van der Waals surface area contributed by atoms with E-state index in [9.17, 15) is 20.0 Å². The van der Waals surface area contributed by atoms with Gasteiger partial charge in [0.1, 0.15) is 12.7 Å². The second-order valence-electron chi connectivity index (χ2n) is 8.63. The van der Waals surface area contributed by atoms with Crippen molar-refractivity contribution in [1.82, 2.24) is 0 Å². The molecular formula is C26H41NO6. The molecule has 0 amide bonds. The number of nitrogens with zero attached hydrogens (tertiary/aromatic N) is 1. The van der Waals surface area contributed by atoms with E-state index in [1.807, 2.05) is 19.1 Å². The third kappa shape index (κ3) is 15.1. The van der Waals surface area contributed by atoms with E-state index in [0.29, 0.717) is 18.8 Å². The van der Waals surface area contributed by atoms with E-state index in [4.69, 9.17) is 4.74 Å². The van der Waals surface area contributed by atoms with Gasteiger partial charge in [0.15, 0.2) is 0 Å². The highest BCUT2D eigenvalue weighted by Crippen LogP contribution is 2.29. The summed E-state index contributed by atoms with van der Waals surface area (Å²) in [7, 11) is 0. The molecule has 0 aromatic heterocycles. The van der Waals surface area contributed by atoms with E-state index >= 15 is 0 Å². The molecule has 0 bridgehead atoms. The van der Waals surface area contributed by atoms with Crippen LogP contribution in [-0.2, 0) is 20.8 Å². The van der Waals surface area contributed by atoms with Crippen LogP contribution in [0.25, 0.3) is 0 Å². The molecule has 2 rings (SSSR count). The molecule has 0 aliphatic heterocycles. The van der Waals surface area contributed by atoms with Crippen molar-refractivity contribution in [1.29, 1.82) is 0 Å². The van der Waals surface area contributed by atoms with Crippen molar-refractivity contribution in [2.24, 2.45) is 5.92 Å². The van der Waals surface area contributed by atoms with Crippen molar-refractivity contribution in [3.05, 3.63) is 58.2 Å². The second kappa shape index (κ2) is 18.1. The largest absolute Gasteiger partial charge is 0.463 e. The molecule has 1 aromatic rings. The zero-order chi connectivity index (χ0) is 24.3. The van der Waals surface area contributed by atoms with Crippen LogP contribution in [0.5, 0.6) is 0 Å². The Morgan fingerprint density at radius 2 is 1.97 bits per heavy atom. The summed E-state index contributed by atoms with van der Waals surface area (Å²) < 4.78 is 4.79. The minimum atomic E-state index is -0.898. The van der Waals surface area contributed by atoms with Crippen molar-refractivity contribution < 1.29 is 24.6 Å². The highest BCUT2D eigenvalue weighted by atomic mass is 17.0. The molecule has 33 heavy (non-hydrogen) atoms. The number of hydrogen-bond acceptors (Lipinski definition) is 6. The Morgan fingerprint density at radius 1 is 1.21 bits per heavy atom. The molecule has 1 fully saturated rings. The van der Waals surface area contributed by atoms with Gasteiger partial charge >= 0.3 is 5.97 Å². The smallest absolute Gasteiger partial charge is 0.305 e. The van der Waals surface area contributed by atoms with E-state index in [2.05, 4.69) is 35.2 Å². The average Bonchev–Trinajstić information content (AvgIpc) is 3.20. The first-order valence-electron chi connectivity index (χ1n) is 12.2. The number of unbranched alkanes of at least 4 members (excludes halogenated alkanes) is 3. The quantitative estimate of drug-likeness (QED) is 0.123. The van der Waals surface area contributed by atoms with Gasteiger partial charge in [-0.3, -0.25) is 4.79 Å². The molecule has 1 aliphatic rings. The van der Waals surface area contributed by atoms with Gasteiger partial charge in [-0.2, -0.15) is 0 Å². The summed E-state index contributed by atoms with van der Waals surface area (Å²) in [6, 6.07) is 10.7. The Kier molecular flexibility index (Phi) is 15.7. The number of rotatable bonds is 14. The summed E-state index contributed by atoms with van der Waals surface area (Å²) in [4.78, 5) is 25.2. The number of aliphatic hydroxyl groups is 1. The minimum Gasteiger partial charge on any atom is -0.463 e. The Hall–Kier alpha value is -2.41. The van der Waals surface area contributed by atoms with E-state index < -0.39 is 11.2 Å². The third-order valence-electron chi connectivity index (χ3n) is 5.73. The zero-order valence-electron chi connectivity index (χ0n) is 20.2. The van der Waals surface area contributed by atoms with E-state index in [1.54, 1.807) is 0 Å². The van der Waals surface area contributed by atoms with Crippen molar-refractivity contribution in [3.8, 4) is 0 Å². The van der Waals surface area contributed by atoms with Crippen molar-refractivity contribution in [3.63, 3.8) is 0 Å². The Balaban J connectivity index is 0.000000331. The van der Waals surface area contributed by atoms with Gasteiger partial charge in [-0.05, 0) is 70.3 Å². The number of ether oxygens (including phenoxy) is 1. The lowest BCUT2D eigenvalue weighted by atomic mass is 9.97. The molecule has 1 aliphatic carbocycles. The Labute approximate surface area is 198 Å². The molecular weight excluding hydrogens is 422 g/mol. The average molecular weight is 464 g/mol. The summed E-state index contributed by atoms with van der Waals surface area (Å²) in [5, 5.41) is 18.8. The molecule has 0 radical (unpaired) electrons. The van der Waals surface area contributed by atoms with Crippen molar-refractivity contribution in [2.45, 2.75) is 96.7 Å². The fraction of sp³-hybridized carbons (Fsp3) is 0.654. The van der Waals surface area contributed by atoms with Crippen LogP contribution in [0.2, 0.25) is 0 Å². The minimum absolute atomic E-state index is 0.00382. The summed E-state index contributed by atoms with van der Waals surface area (Å²) >= 11 is 0. The predicted molar refractivity (Wildman–Crippen MR) is 129 cm³/mol. The molecule has 0 heterocycles. The first-order chi connectivity index (χ1) is 15.9. The van der Waals surface area contributed by atoms with Crippen LogP contribution in [0, 0.1) is 16.0 Å². The van der Waals surface area contributed by atoms with E-state index in [0.717, 1.165) is 12.8 Å². The first-order valence-corrected chi connectivity index (χ1v) is 12.2. The number of carbonyl (C=O) groups is 1. The lowest BCUT2D eigenvalue weighted by Gasteiger charge is -2.13. The van der Waals surface area contributed by atoms with Crippen LogP contribution in [0.1, 0.15) is 83.6 Å². The maximum Gasteiger partial charge on any atom is 0.305 e. The predicted octanol–water partition coefficient (Wildman–Crippen LogP) is 5.82. The number of esters is 1. The summed E-state index contributed by atoms with van der Waals surface area (Å²) in [6.07, 6.45) is 14.8. The van der Waals surface area contributed by atoms with Gasteiger partial charge in [0.2, 0.25) is 0 Å². The molecule has 3 unspecified atom stereocenters. The first kappa shape index (κ1) is 28.6. The summed E-state index contributed by atoms with van der Waals surface area (Å²) in [5.41, 5.74) is 1.45. The van der Waals surface area contributed by atoms with E-state index in [1.165, 1.54) is 57.4 Å². The lowest BCUT2D eigenvalue weighted by molar-refractivity contribution is -0.767. The maximum absolute atomic E-state index is 11.1. The molecule has 0 spiro atoms. The lowest BCUT2D eigenvalue weighted by Crippen LogP contribution is -2.21.